The summed E-state index contributed by atoms with van der Waals surface area (Å²) in [5, 5.41) is 10.0. The number of halogens is 2. The molecule has 5 unspecified atom stereocenters. The van der Waals surface area contributed by atoms with Crippen molar-refractivity contribution in [2.24, 2.45) is 17.6 Å². The third kappa shape index (κ3) is 4.95. The van der Waals surface area contributed by atoms with Crippen LogP contribution >= 0.6 is 23.2 Å². The van der Waals surface area contributed by atoms with E-state index in [1.165, 1.54) is 0 Å². The van der Waals surface area contributed by atoms with Gasteiger partial charge in [-0.25, -0.2) is 0 Å². The minimum absolute atomic E-state index is 0.0208. The molecule has 0 aromatic rings. The van der Waals surface area contributed by atoms with Crippen LogP contribution in [0.3, 0.4) is 0 Å². The first-order valence-corrected chi connectivity index (χ1v) is 9.31. The highest BCUT2D eigenvalue weighted by atomic mass is 35.5. The summed E-state index contributed by atoms with van der Waals surface area (Å²) < 4.78 is 0. The highest BCUT2D eigenvalue weighted by Gasteiger charge is 2.40. The Balaban J connectivity index is 1.83. The van der Waals surface area contributed by atoms with E-state index in [-0.39, 0.29) is 28.6 Å². The first-order chi connectivity index (χ1) is 10.8. The summed E-state index contributed by atoms with van der Waals surface area (Å²) in [6.45, 7) is 2.23. The molecule has 2 aliphatic rings. The summed E-state index contributed by atoms with van der Waals surface area (Å²) in [4.78, 5) is 15.6. The minimum Gasteiger partial charge on any atom is -0.393 e. The van der Waals surface area contributed by atoms with Gasteiger partial charge >= 0.3 is 0 Å². The summed E-state index contributed by atoms with van der Waals surface area (Å²) in [5.74, 6) is 0.525. The number of nitrogens with two attached hydrogens (primary N) is 1. The summed E-state index contributed by atoms with van der Waals surface area (Å²) in [6, 6.07) is -0.0536. The smallest absolute Gasteiger partial charge is 0.236 e. The van der Waals surface area contributed by atoms with Gasteiger partial charge in [0.2, 0.25) is 5.91 Å². The number of piperidine rings is 1. The van der Waals surface area contributed by atoms with E-state index >= 15 is 0 Å². The zero-order valence-corrected chi connectivity index (χ0v) is 15.5. The van der Waals surface area contributed by atoms with Gasteiger partial charge in [-0.15, -0.1) is 23.2 Å². The lowest BCUT2D eigenvalue weighted by Crippen LogP contribution is -2.52. The number of nitrogens with zero attached hydrogens (tertiary/aromatic N) is 2. The average Bonchev–Trinajstić information content (AvgIpc) is 2.51. The molecular formula is C16H29Cl2N3O2. The number of rotatable bonds is 4. The molecule has 0 aromatic carbocycles. The van der Waals surface area contributed by atoms with Crippen molar-refractivity contribution < 1.29 is 9.90 Å². The number of likely N-dealkylation sites (N-methyl/N-ethyl adjacent to an activating group) is 1. The van der Waals surface area contributed by atoms with Gasteiger partial charge < -0.3 is 15.7 Å². The Bertz CT molecular complexity index is 403. The quantitative estimate of drug-likeness (QED) is 0.731. The molecule has 5 nitrogen and oxygen atoms in total. The number of alkyl halides is 2. The molecule has 1 saturated carbocycles. The maximum Gasteiger partial charge on any atom is 0.236 e. The second-order valence-electron chi connectivity index (χ2n) is 7.21. The van der Waals surface area contributed by atoms with Crippen molar-refractivity contribution in [3.63, 3.8) is 0 Å². The van der Waals surface area contributed by atoms with Crippen LogP contribution < -0.4 is 5.73 Å². The molecule has 0 radical (unpaired) electrons. The van der Waals surface area contributed by atoms with E-state index in [1.807, 2.05) is 0 Å². The van der Waals surface area contributed by atoms with E-state index in [4.69, 9.17) is 28.9 Å². The van der Waals surface area contributed by atoms with Gasteiger partial charge in [-0.1, -0.05) is 0 Å². The fourth-order valence-corrected chi connectivity index (χ4v) is 4.30. The molecule has 5 atom stereocenters. The van der Waals surface area contributed by atoms with E-state index in [9.17, 15) is 9.90 Å². The normalized spacial score (nSPS) is 35.0. The number of carbonyl (C=O) groups is 1. The molecule has 1 aliphatic heterocycles. The molecule has 1 heterocycles. The number of carbonyl (C=O) groups excluding carboxylic acids is 1. The molecule has 1 saturated heterocycles. The van der Waals surface area contributed by atoms with E-state index in [1.54, 1.807) is 19.0 Å². The van der Waals surface area contributed by atoms with Gasteiger partial charge in [-0.05, 0) is 44.7 Å². The van der Waals surface area contributed by atoms with E-state index in [2.05, 4.69) is 4.90 Å². The molecule has 1 amide bonds. The van der Waals surface area contributed by atoms with Crippen LogP contribution in [0.2, 0.25) is 0 Å². The van der Waals surface area contributed by atoms with Crippen molar-refractivity contribution in [1.29, 1.82) is 0 Å². The van der Waals surface area contributed by atoms with Crippen molar-refractivity contribution in [3.8, 4) is 0 Å². The van der Waals surface area contributed by atoms with Gasteiger partial charge in [0, 0.05) is 26.1 Å². The Morgan fingerprint density at radius 1 is 1.26 bits per heavy atom. The first-order valence-electron chi connectivity index (χ1n) is 8.44. The number of hydrogen-bond donors (Lipinski definition) is 2. The Morgan fingerprint density at radius 2 is 1.83 bits per heavy atom. The Morgan fingerprint density at radius 3 is 2.39 bits per heavy atom. The Kier molecular flexibility index (Phi) is 6.99. The highest BCUT2D eigenvalue weighted by molar-refractivity contribution is 6.30. The minimum atomic E-state index is -0.462. The summed E-state index contributed by atoms with van der Waals surface area (Å²) in [7, 11) is 3.56. The number of aliphatic hydroxyl groups is 1. The van der Waals surface area contributed by atoms with Gasteiger partial charge in [0.25, 0.3) is 0 Å². The standard InChI is InChI=1S/C16H29Cl2N3O2/c1-20(2)15(23)9-21-5-3-10(4-6-21)16(19)11-7-12(17)13(18)8-14(11)22/h10-14,16,22H,3-9,19H2,1-2H3. The van der Waals surface area contributed by atoms with Crippen LogP contribution in [0.1, 0.15) is 25.7 Å². The predicted molar refractivity (Wildman–Crippen MR) is 93.8 cm³/mol. The molecule has 134 valence electrons. The van der Waals surface area contributed by atoms with Crippen LogP contribution in [0.15, 0.2) is 0 Å². The van der Waals surface area contributed by atoms with Crippen molar-refractivity contribution >= 4 is 29.1 Å². The zero-order chi connectivity index (χ0) is 17.1. The highest BCUT2D eigenvalue weighted by Crippen LogP contribution is 2.36. The van der Waals surface area contributed by atoms with Gasteiger partial charge in [0.15, 0.2) is 0 Å². The second kappa shape index (κ2) is 8.34. The van der Waals surface area contributed by atoms with Crippen molar-refractivity contribution in [1.82, 2.24) is 9.80 Å². The maximum atomic E-state index is 11.8. The first kappa shape index (κ1) is 19.3. The Hall–Kier alpha value is -0.0700. The van der Waals surface area contributed by atoms with Crippen LogP contribution in [-0.4, -0.2) is 77.4 Å². The monoisotopic (exact) mass is 365 g/mol. The Labute approximate surface area is 149 Å². The van der Waals surface area contributed by atoms with Gasteiger partial charge in [0.1, 0.15) is 0 Å². The number of amides is 1. The third-order valence-corrected chi connectivity index (χ3v) is 6.47. The molecule has 3 N–H and O–H groups in total. The molecule has 2 fully saturated rings. The van der Waals surface area contributed by atoms with E-state index in [0.717, 1.165) is 25.9 Å². The van der Waals surface area contributed by atoms with Crippen molar-refractivity contribution in [3.05, 3.63) is 0 Å². The fourth-order valence-electron chi connectivity index (χ4n) is 3.71. The summed E-state index contributed by atoms with van der Waals surface area (Å²) in [6.07, 6.45) is 2.66. The maximum absolute atomic E-state index is 11.8. The average molecular weight is 366 g/mol. The predicted octanol–water partition coefficient (Wildman–Crippen LogP) is 1.10. The number of aliphatic hydroxyl groups excluding tert-OH is 1. The third-order valence-electron chi connectivity index (χ3n) is 5.38. The molecule has 0 spiro atoms. The van der Waals surface area contributed by atoms with E-state index < -0.39 is 6.10 Å². The number of hydrogen-bond acceptors (Lipinski definition) is 4. The molecule has 2 rings (SSSR count). The van der Waals surface area contributed by atoms with Gasteiger partial charge in [-0.2, -0.15) is 0 Å². The zero-order valence-electron chi connectivity index (χ0n) is 14.0. The lowest BCUT2D eigenvalue weighted by Gasteiger charge is -2.42. The van der Waals surface area contributed by atoms with E-state index in [0.29, 0.717) is 25.3 Å². The van der Waals surface area contributed by atoms with Gasteiger partial charge in [0.05, 0.1) is 23.4 Å². The van der Waals surface area contributed by atoms with Crippen molar-refractivity contribution in [2.45, 2.75) is 48.6 Å². The van der Waals surface area contributed by atoms with Crippen LogP contribution in [0, 0.1) is 11.8 Å². The molecule has 1 aliphatic carbocycles. The molecule has 0 aromatic heterocycles. The second-order valence-corrected chi connectivity index (χ2v) is 8.33. The fraction of sp³-hybridized carbons (Fsp3) is 0.938. The summed E-state index contributed by atoms with van der Waals surface area (Å²) in [5.41, 5.74) is 6.46. The molecule has 0 bridgehead atoms. The lowest BCUT2D eigenvalue weighted by atomic mass is 9.74. The van der Waals surface area contributed by atoms with Crippen LogP contribution in [0.4, 0.5) is 0 Å². The van der Waals surface area contributed by atoms with Crippen molar-refractivity contribution in [2.75, 3.05) is 33.7 Å². The van der Waals surface area contributed by atoms with Crippen LogP contribution in [0.5, 0.6) is 0 Å². The largest absolute Gasteiger partial charge is 0.393 e. The lowest BCUT2D eigenvalue weighted by molar-refractivity contribution is -0.130. The SMILES string of the molecule is CN(C)C(=O)CN1CCC(C(N)C2CC(Cl)C(Cl)CC2O)CC1. The van der Waals surface area contributed by atoms with Crippen LogP contribution in [0.25, 0.3) is 0 Å². The summed E-state index contributed by atoms with van der Waals surface area (Å²) >= 11 is 12.4. The topological polar surface area (TPSA) is 69.8 Å². The molecule has 23 heavy (non-hydrogen) atoms. The molecular weight excluding hydrogens is 337 g/mol. The molecule has 7 heteroatoms. The van der Waals surface area contributed by atoms with Gasteiger partial charge in [-0.3, -0.25) is 9.69 Å². The van der Waals surface area contributed by atoms with Crippen LogP contribution in [-0.2, 0) is 4.79 Å². The number of likely N-dealkylation sites (tertiary alicyclic amines) is 1.